The number of hydrogen-bond acceptors (Lipinski definition) is 6. The monoisotopic (exact) mass is 360 g/mol. The number of aliphatic hydroxyl groups is 1. The molecule has 1 fully saturated rings. The van der Waals surface area contributed by atoms with Crippen molar-refractivity contribution in [2.24, 2.45) is 0 Å². The van der Waals surface area contributed by atoms with Gasteiger partial charge in [0.15, 0.2) is 12.1 Å². The van der Waals surface area contributed by atoms with E-state index >= 15 is 0 Å². The summed E-state index contributed by atoms with van der Waals surface area (Å²) in [6.45, 7) is 0.604. The number of ether oxygens (including phenoxy) is 1. The molecule has 4 rings (SSSR count). The average molecular weight is 360 g/mol. The van der Waals surface area contributed by atoms with Crippen LogP contribution in [-0.2, 0) is 11.3 Å². The Morgan fingerprint density at radius 3 is 3.00 bits per heavy atom. The topological polar surface area (TPSA) is 73.1 Å². The van der Waals surface area contributed by atoms with Gasteiger partial charge in [0.25, 0.3) is 0 Å². The lowest BCUT2D eigenvalue weighted by Gasteiger charge is -2.21. The standard InChI is InChI=1S/C17H17FN4O2S/c18-14-8-11(4-5-19-14)13-7-12(9-23)16(25-13)17-20-10-22(21-17)15-3-1-2-6-24-15/h4-5,7-8,10,15,23H,1-3,6,9H2. The number of thiophene rings is 1. The van der Waals surface area contributed by atoms with Gasteiger partial charge in [0.2, 0.25) is 5.95 Å². The SMILES string of the molecule is OCc1cc(-c2ccnc(F)c2)sc1-c1ncn(C2CCCCO2)n1. The van der Waals surface area contributed by atoms with E-state index in [1.807, 2.05) is 6.07 Å². The Labute approximate surface area is 147 Å². The maximum atomic E-state index is 13.4. The van der Waals surface area contributed by atoms with E-state index in [0.717, 1.165) is 41.2 Å². The molecule has 0 bridgehead atoms. The summed E-state index contributed by atoms with van der Waals surface area (Å²) in [7, 11) is 0. The van der Waals surface area contributed by atoms with Gasteiger partial charge in [-0.15, -0.1) is 16.4 Å². The van der Waals surface area contributed by atoms with Crippen LogP contribution in [-0.4, -0.2) is 31.5 Å². The zero-order valence-corrected chi connectivity index (χ0v) is 14.2. The molecule has 1 aliphatic rings. The van der Waals surface area contributed by atoms with Gasteiger partial charge in [-0.05, 0) is 42.5 Å². The number of rotatable bonds is 4. The minimum atomic E-state index is -0.533. The summed E-state index contributed by atoms with van der Waals surface area (Å²) in [6, 6.07) is 4.95. The Kier molecular flexibility index (Phi) is 4.56. The van der Waals surface area contributed by atoms with Gasteiger partial charge in [0, 0.05) is 23.7 Å². The number of pyridine rings is 1. The van der Waals surface area contributed by atoms with Gasteiger partial charge >= 0.3 is 0 Å². The molecule has 0 aliphatic carbocycles. The molecule has 0 spiro atoms. The first-order valence-electron chi connectivity index (χ1n) is 8.13. The highest BCUT2D eigenvalue weighted by molar-refractivity contribution is 7.19. The molecule has 6 nitrogen and oxygen atoms in total. The van der Waals surface area contributed by atoms with Gasteiger partial charge in [0.05, 0.1) is 11.5 Å². The molecule has 0 aromatic carbocycles. The lowest BCUT2D eigenvalue weighted by Crippen LogP contribution is -2.18. The molecule has 1 aliphatic heterocycles. The molecule has 1 saturated heterocycles. The Morgan fingerprint density at radius 1 is 1.32 bits per heavy atom. The van der Waals surface area contributed by atoms with Crippen molar-refractivity contribution in [2.75, 3.05) is 6.61 Å². The highest BCUT2D eigenvalue weighted by Gasteiger charge is 2.20. The van der Waals surface area contributed by atoms with Crippen molar-refractivity contribution in [3.05, 3.63) is 42.2 Å². The zero-order valence-electron chi connectivity index (χ0n) is 13.4. The third kappa shape index (κ3) is 3.33. The highest BCUT2D eigenvalue weighted by atomic mass is 32.1. The fourth-order valence-corrected chi connectivity index (χ4v) is 3.99. The molecule has 130 valence electrons. The lowest BCUT2D eigenvalue weighted by molar-refractivity contribution is -0.0395. The van der Waals surface area contributed by atoms with Gasteiger partial charge in [-0.1, -0.05) is 0 Å². The molecule has 1 N–H and O–H groups in total. The van der Waals surface area contributed by atoms with Gasteiger partial charge in [0.1, 0.15) is 6.33 Å². The smallest absolute Gasteiger partial charge is 0.213 e. The second-order valence-electron chi connectivity index (χ2n) is 5.86. The van der Waals surface area contributed by atoms with Crippen molar-refractivity contribution in [3.63, 3.8) is 0 Å². The van der Waals surface area contributed by atoms with Crippen LogP contribution in [0.2, 0.25) is 0 Å². The predicted octanol–water partition coefficient (Wildman–Crippen LogP) is 3.40. The zero-order chi connectivity index (χ0) is 17.2. The Bertz CT molecular complexity index is 873. The first-order chi connectivity index (χ1) is 12.2. The van der Waals surface area contributed by atoms with Crippen molar-refractivity contribution in [1.82, 2.24) is 19.7 Å². The molecule has 25 heavy (non-hydrogen) atoms. The molecule has 1 atom stereocenters. The lowest BCUT2D eigenvalue weighted by atomic mass is 10.2. The molecule has 0 radical (unpaired) electrons. The average Bonchev–Trinajstić information content (AvgIpc) is 3.29. The second kappa shape index (κ2) is 6.99. The third-order valence-corrected chi connectivity index (χ3v) is 5.38. The normalized spacial score (nSPS) is 17.8. The van der Waals surface area contributed by atoms with E-state index in [4.69, 9.17) is 4.74 Å². The Hall–Kier alpha value is -2.16. The van der Waals surface area contributed by atoms with Crippen molar-refractivity contribution < 1.29 is 14.2 Å². The Morgan fingerprint density at radius 2 is 2.24 bits per heavy atom. The summed E-state index contributed by atoms with van der Waals surface area (Å²) in [4.78, 5) is 9.57. The summed E-state index contributed by atoms with van der Waals surface area (Å²) in [5.41, 5.74) is 1.44. The van der Waals surface area contributed by atoms with Crippen molar-refractivity contribution in [2.45, 2.75) is 32.1 Å². The van der Waals surface area contributed by atoms with Crippen LogP contribution in [0.1, 0.15) is 31.1 Å². The van der Waals surface area contributed by atoms with Crippen LogP contribution < -0.4 is 0 Å². The van der Waals surface area contributed by atoms with Crippen LogP contribution in [0.3, 0.4) is 0 Å². The summed E-state index contributed by atoms with van der Waals surface area (Å²) < 4.78 is 20.8. The van der Waals surface area contributed by atoms with Crippen molar-refractivity contribution >= 4 is 11.3 Å². The van der Waals surface area contributed by atoms with E-state index < -0.39 is 5.95 Å². The van der Waals surface area contributed by atoms with Gasteiger partial charge in [-0.2, -0.15) is 4.39 Å². The summed E-state index contributed by atoms with van der Waals surface area (Å²) in [5, 5.41) is 14.2. The fourth-order valence-electron chi connectivity index (χ4n) is 2.88. The van der Waals surface area contributed by atoms with Crippen LogP contribution in [0.15, 0.2) is 30.7 Å². The molecular weight excluding hydrogens is 343 g/mol. The van der Waals surface area contributed by atoms with Crippen LogP contribution in [0.25, 0.3) is 21.1 Å². The van der Waals surface area contributed by atoms with E-state index in [1.165, 1.54) is 23.6 Å². The molecule has 3 aromatic heterocycles. The molecule has 1 unspecified atom stereocenters. The predicted molar refractivity (Wildman–Crippen MR) is 91.3 cm³/mol. The number of hydrogen-bond donors (Lipinski definition) is 1. The van der Waals surface area contributed by atoms with E-state index in [-0.39, 0.29) is 12.8 Å². The van der Waals surface area contributed by atoms with Gasteiger partial charge in [-0.3, -0.25) is 0 Å². The van der Waals surface area contributed by atoms with E-state index in [9.17, 15) is 9.50 Å². The van der Waals surface area contributed by atoms with Crippen molar-refractivity contribution in [1.29, 1.82) is 0 Å². The second-order valence-corrected chi connectivity index (χ2v) is 6.91. The maximum absolute atomic E-state index is 13.4. The molecule has 4 heterocycles. The summed E-state index contributed by atoms with van der Waals surface area (Å²) in [5.74, 6) is 0.0128. The minimum absolute atomic E-state index is 0.0821. The third-order valence-electron chi connectivity index (χ3n) is 4.15. The number of halogens is 1. The molecular formula is C17H17FN4O2S. The first-order valence-corrected chi connectivity index (χ1v) is 8.95. The molecule has 8 heteroatoms. The van der Waals surface area contributed by atoms with E-state index in [0.29, 0.717) is 11.4 Å². The highest BCUT2D eigenvalue weighted by Crippen LogP contribution is 2.37. The molecule has 3 aromatic rings. The van der Waals surface area contributed by atoms with Crippen LogP contribution >= 0.6 is 11.3 Å². The summed E-state index contributed by atoms with van der Waals surface area (Å²) >= 11 is 1.43. The maximum Gasteiger partial charge on any atom is 0.213 e. The quantitative estimate of drug-likeness (QED) is 0.722. The Balaban J connectivity index is 1.67. The number of nitrogens with zero attached hydrogens (tertiary/aromatic N) is 4. The minimum Gasteiger partial charge on any atom is -0.392 e. The van der Waals surface area contributed by atoms with Crippen LogP contribution in [0, 0.1) is 5.95 Å². The first kappa shape index (κ1) is 16.3. The van der Waals surface area contributed by atoms with Gasteiger partial charge in [-0.25, -0.2) is 14.6 Å². The largest absolute Gasteiger partial charge is 0.392 e. The summed E-state index contributed by atoms with van der Waals surface area (Å²) in [6.07, 6.45) is 6.11. The van der Waals surface area contributed by atoms with Gasteiger partial charge < -0.3 is 9.84 Å². The van der Waals surface area contributed by atoms with Crippen molar-refractivity contribution in [3.8, 4) is 21.1 Å². The number of aromatic nitrogens is 4. The van der Waals surface area contributed by atoms with Crippen LogP contribution in [0.4, 0.5) is 4.39 Å². The fraction of sp³-hybridized carbons (Fsp3) is 0.353. The van der Waals surface area contributed by atoms with E-state index in [2.05, 4.69) is 15.1 Å². The van der Waals surface area contributed by atoms with Crippen LogP contribution in [0.5, 0.6) is 0 Å². The number of aliphatic hydroxyl groups excluding tert-OH is 1. The molecule has 0 amide bonds. The molecule has 0 saturated carbocycles. The van der Waals surface area contributed by atoms with E-state index in [1.54, 1.807) is 17.1 Å².